The molecule has 2 amide bonds. The Labute approximate surface area is 167 Å². The summed E-state index contributed by atoms with van der Waals surface area (Å²) < 4.78 is 42.5. The van der Waals surface area contributed by atoms with Gasteiger partial charge in [0, 0.05) is 12.3 Å². The van der Waals surface area contributed by atoms with Crippen molar-refractivity contribution in [2.75, 3.05) is 4.90 Å². The van der Waals surface area contributed by atoms with Crippen LogP contribution in [-0.2, 0) is 0 Å². The molecular weight excluding hydrogens is 397 g/mol. The maximum atomic E-state index is 14.3. The Morgan fingerprint density at radius 2 is 1.67 bits per heavy atom. The van der Waals surface area contributed by atoms with Crippen LogP contribution in [0.25, 0.3) is 16.7 Å². The van der Waals surface area contributed by atoms with Crippen molar-refractivity contribution in [2.24, 2.45) is 0 Å². The summed E-state index contributed by atoms with van der Waals surface area (Å²) in [6.07, 6.45) is 1.20. The van der Waals surface area contributed by atoms with E-state index in [1.54, 1.807) is 13.0 Å². The van der Waals surface area contributed by atoms with E-state index in [9.17, 15) is 22.8 Å². The van der Waals surface area contributed by atoms with Gasteiger partial charge in [-0.25, -0.2) is 27.7 Å². The van der Waals surface area contributed by atoms with Crippen molar-refractivity contribution < 1.29 is 22.8 Å². The van der Waals surface area contributed by atoms with E-state index in [0.29, 0.717) is 11.1 Å². The Bertz CT molecular complexity index is 1400. The molecule has 0 saturated carbocycles. The molecule has 0 saturated heterocycles. The molecule has 2 aromatic carbocycles. The maximum absolute atomic E-state index is 14.3. The van der Waals surface area contributed by atoms with Crippen LogP contribution in [0.3, 0.4) is 0 Å². The number of rotatable bonds is 2. The fraction of sp³-hybridized carbons (Fsp3) is 0.0476. The number of nitrogens with zero attached hydrogens (tertiary/aromatic N) is 4. The van der Waals surface area contributed by atoms with Crippen LogP contribution in [0.2, 0.25) is 0 Å². The average Bonchev–Trinajstić information content (AvgIpc) is 3.19. The Morgan fingerprint density at radius 3 is 2.40 bits per heavy atom. The van der Waals surface area contributed by atoms with Crippen molar-refractivity contribution in [1.82, 2.24) is 14.8 Å². The second-order valence-electron chi connectivity index (χ2n) is 6.74. The van der Waals surface area contributed by atoms with Gasteiger partial charge < -0.3 is 0 Å². The lowest BCUT2D eigenvalue weighted by atomic mass is 10.1. The number of carbonyl (C=O) groups excluding carboxylic acids is 2. The zero-order chi connectivity index (χ0) is 21.2. The first-order chi connectivity index (χ1) is 14.4. The summed E-state index contributed by atoms with van der Waals surface area (Å²) in [6.45, 7) is 1.61. The van der Waals surface area contributed by atoms with Crippen LogP contribution in [0.15, 0.2) is 48.7 Å². The van der Waals surface area contributed by atoms with Gasteiger partial charge in [0.2, 0.25) is 0 Å². The molecule has 0 aliphatic carbocycles. The van der Waals surface area contributed by atoms with Crippen LogP contribution < -0.4 is 4.90 Å². The van der Waals surface area contributed by atoms with Crippen LogP contribution in [-0.4, -0.2) is 26.6 Å². The minimum atomic E-state index is -1.18. The molecule has 2 aromatic heterocycles. The fourth-order valence-electron chi connectivity index (χ4n) is 3.61. The highest BCUT2D eigenvalue weighted by Crippen LogP contribution is 2.35. The van der Waals surface area contributed by atoms with Crippen LogP contribution >= 0.6 is 0 Å². The molecule has 1 aliphatic heterocycles. The van der Waals surface area contributed by atoms with Crippen molar-refractivity contribution in [3.63, 3.8) is 0 Å². The number of anilines is 1. The molecule has 0 spiro atoms. The molecule has 0 N–H and O–H groups in total. The van der Waals surface area contributed by atoms with Crippen LogP contribution in [0.4, 0.5) is 18.9 Å². The highest BCUT2D eigenvalue weighted by atomic mass is 19.2. The van der Waals surface area contributed by atoms with Gasteiger partial charge in [-0.2, -0.15) is 5.10 Å². The highest BCUT2D eigenvalue weighted by Gasteiger charge is 2.40. The molecule has 1 aliphatic rings. The minimum Gasteiger partial charge on any atom is -0.268 e. The molecule has 3 heterocycles. The molecule has 9 heteroatoms. The highest BCUT2D eigenvalue weighted by molar-refractivity contribution is 6.37. The number of pyridine rings is 1. The summed E-state index contributed by atoms with van der Waals surface area (Å²) in [7, 11) is 0. The Hall–Kier alpha value is -4.01. The van der Waals surface area contributed by atoms with E-state index in [2.05, 4.69) is 10.1 Å². The second kappa shape index (κ2) is 6.24. The summed E-state index contributed by atoms with van der Waals surface area (Å²) in [5.74, 6) is -4.25. The Kier molecular flexibility index (Phi) is 3.76. The minimum absolute atomic E-state index is 0.00779. The maximum Gasteiger partial charge on any atom is 0.267 e. The van der Waals surface area contributed by atoms with E-state index >= 15 is 0 Å². The van der Waals surface area contributed by atoms with Crippen molar-refractivity contribution in [2.45, 2.75) is 6.92 Å². The number of benzene rings is 2. The number of imide groups is 1. The first-order valence-electron chi connectivity index (χ1n) is 8.85. The molecular formula is C21H11F3N4O2. The number of fused-ring (bicyclic) bond motifs is 3. The molecule has 148 valence electrons. The molecule has 0 radical (unpaired) electrons. The number of hydrogen-bond donors (Lipinski definition) is 0. The monoisotopic (exact) mass is 408 g/mol. The molecule has 0 atom stereocenters. The number of amides is 2. The van der Waals surface area contributed by atoms with Gasteiger partial charge in [-0.1, -0.05) is 12.1 Å². The lowest BCUT2D eigenvalue weighted by molar-refractivity contribution is 0.0926. The van der Waals surface area contributed by atoms with Crippen LogP contribution in [0.1, 0.15) is 26.4 Å². The number of aryl methyl sites for hydroxylation is 1. The van der Waals surface area contributed by atoms with E-state index in [1.165, 1.54) is 29.1 Å². The van der Waals surface area contributed by atoms with Gasteiger partial charge in [0.15, 0.2) is 17.3 Å². The van der Waals surface area contributed by atoms with Crippen molar-refractivity contribution in [3.05, 3.63) is 82.9 Å². The summed E-state index contributed by atoms with van der Waals surface area (Å²) in [5, 5.41) is 4.59. The third-order valence-electron chi connectivity index (χ3n) is 4.96. The molecule has 30 heavy (non-hydrogen) atoms. The SMILES string of the molecule is Cc1nn(-c2ccccc2F)c2ncc3c(c12)C(=O)N(c1ccc(F)c(F)c1)C3=O. The molecule has 5 rings (SSSR count). The fourth-order valence-corrected chi connectivity index (χ4v) is 3.61. The largest absolute Gasteiger partial charge is 0.268 e. The molecule has 6 nitrogen and oxygen atoms in total. The molecule has 4 aromatic rings. The lowest BCUT2D eigenvalue weighted by Crippen LogP contribution is -2.29. The first-order valence-corrected chi connectivity index (χ1v) is 8.85. The zero-order valence-corrected chi connectivity index (χ0v) is 15.4. The number of aromatic nitrogens is 3. The van der Waals surface area contributed by atoms with E-state index < -0.39 is 29.3 Å². The zero-order valence-electron chi connectivity index (χ0n) is 15.4. The normalized spacial score (nSPS) is 13.4. The predicted octanol–water partition coefficient (Wildman–Crippen LogP) is 3.95. The van der Waals surface area contributed by atoms with E-state index in [1.807, 2.05) is 0 Å². The smallest absolute Gasteiger partial charge is 0.267 e. The standard InChI is InChI=1S/C21H11F3N4O2/c1-10-17-18-12(9-25-19(17)28(26-10)16-5-3-2-4-14(16)23)20(29)27(21(18)30)11-6-7-13(22)15(24)8-11/h2-9H,1H3. The summed E-state index contributed by atoms with van der Waals surface area (Å²) in [4.78, 5) is 31.0. The van der Waals surface area contributed by atoms with Crippen molar-refractivity contribution >= 4 is 28.5 Å². The number of carbonyl (C=O) groups is 2. The van der Waals surface area contributed by atoms with Gasteiger partial charge in [0.05, 0.1) is 27.9 Å². The lowest BCUT2D eigenvalue weighted by Gasteiger charge is -2.13. The molecule has 0 bridgehead atoms. The van der Waals surface area contributed by atoms with Crippen LogP contribution in [0.5, 0.6) is 0 Å². The Morgan fingerprint density at radius 1 is 0.900 bits per heavy atom. The van der Waals surface area contributed by atoms with Gasteiger partial charge in [0.25, 0.3) is 11.8 Å². The molecule has 0 unspecified atom stereocenters. The van der Waals surface area contributed by atoms with E-state index in [4.69, 9.17) is 0 Å². The van der Waals surface area contributed by atoms with Gasteiger partial charge in [-0.05, 0) is 31.2 Å². The third kappa shape index (κ3) is 2.38. The summed E-state index contributed by atoms with van der Waals surface area (Å²) in [6, 6.07) is 8.70. The van der Waals surface area contributed by atoms with Crippen molar-refractivity contribution in [1.29, 1.82) is 0 Å². The van der Waals surface area contributed by atoms with E-state index in [-0.39, 0.29) is 28.1 Å². The number of para-hydroxylation sites is 1. The van der Waals surface area contributed by atoms with Gasteiger partial charge >= 0.3 is 0 Å². The van der Waals surface area contributed by atoms with E-state index in [0.717, 1.165) is 23.1 Å². The predicted molar refractivity (Wildman–Crippen MR) is 101 cm³/mol. The Balaban J connectivity index is 1.72. The van der Waals surface area contributed by atoms with Gasteiger partial charge in [-0.3, -0.25) is 9.59 Å². The van der Waals surface area contributed by atoms with Gasteiger partial charge in [0.1, 0.15) is 11.5 Å². The summed E-state index contributed by atoms with van der Waals surface area (Å²) >= 11 is 0. The topological polar surface area (TPSA) is 68.1 Å². The van der Waals surface area contributed by atoms with Crippen LogP contribution in [0, 0.1) is 24.4 Å². The van der Waals surface area contributed by atoms with Gasteiger partial charge in [-0.15, -0.1) is 0 Å². The average molecular weight is 408 g/mol. The summed E-state index contributed by atoms with van der Waals surface area (Å²) in [5.41, 5.74) is 0.642. The first kappa shape index (κ1) is 18.0. The quantitative estimate of drug-likeness (QED) is 0.471. The molecule has 0 fully saturated rings. The number of hydrogen-bond acceptors (Lipinski definition) is 4. The van der Waals surface area contributed by atoms with Crippen molar-refractivity contribution in [3.8, 4) is 5.69 Å². The third-order valence-corrected chi connectivity index (χ3v) is 4.96. The second-order valence-corrected chi connectivity index (χ2v) is 6.74. The number of halogens is 3.